The van der Waals surface area contributed by atoms with Crippen molar-refractivity contribution in [3.8, 4) is 23.0 Å². The summed E-state index contributed by atoms with van der Waals surface area (Å²) in [7, 11) is 2.84. The van der Waals surface area contributed by atoms with E-state index in [1.807, 2.05) is 6.92 Å². The molecule has 0 radical (unpaired) electrons. The van der Waals surface area contributed by atoms with Gasteiger partial charge in [0.25, 0.3) is 5.91 Å². The second kappa shape index (κ2) is 12.3. The third kappa shape index (κ3) is 6.49. The molecule has 0 saturated heterocycles. The fourth-order valence-electron chi connectivity index (χ4n) is 2.80. The number of ether oxygens (including phenoxy) is 4. The highest BCUT2D eigenvalue weighted by Crippen LogP contribution is 2.41. The first-order valence-electron chi connectivity index (χ1n) is 9.99. The van der Waals surface area contributed by atoms with Gasteiger partial charge in [0.2, 0.25) is 6.04 Å². The predicted octanol–water partition coefficient (Wildman–Crippen LogP) is 5.49. The molecule has 0 aliphatic heterocycles. The number of anilines is 1. The molecule has 0 bridgehead atoms. The minimum absolute atomic E-state index is 0.169. The number of methoxy groups -OCH3 is 2. The molecule has 178 valence electrons. The Kier molecular flexibility index (Phi) is 9.74. The Morgan fingerprint density at radius 3 is 2.30 bits per heavy atom. The molecule has 11 heteroatoms. The zero-order valence-corrected chi connectivity index (χ0v) is 20.4. The van der Waals surface area contributed by atoms with Gasteiger partial charge in [-0.15, -0.1) is 0 Å². The van der Waals surface area contributed by atoms with Crippen LogP contribution in [0.3, 0.4) is 0 Å². The first-order chi connectivity index (χ1) is 15.8. The summed E-state index contributed by atoms with van der Waals surface area (Å²) in [4.78, 5) is 25.1. The van der Waals surface area contributed by atoms with Gasteiger partial charge in [-0.05, 0) is 32.9 Å². The van der Waals surface area contributed by atoms with Gasteiger partial charge in [-0.2, -0.15) is 10.2 Å². The van der Waals surface area contributed by atoms with E-state index >= 15 is 0 Å². The molecule has 33 heavy (non-hydrogen) atoms. The molecule has 2 aromatic carbocycles. The Balaban J connectivity index is 2.38. The molecule has 0 saturated carbocycles. The van der Waals surface area contributed by atoms with Gasteiger partial charge in [0, 0.05) is 12.1 Å². The fraction of sp³-hybridized carbons (Fsp3) is 0.364. The summed E-state index contributed by atoms with van der Waals surface area (Å²) in [5.41, 5.74) is 0.461. The highest BCUT2D eigenvalue weighted by Gasteiger charge is 2.26. The van der Waals surface area contributed by atoms with Crippen LogP contribution in [0.5, 0.6) is 23.0 Å². The maximum absolute atomic E-state index is 12.9. The second-order valence-corrected chi connectivity index (χ2v) is 7.29. The summed E-state index contributed by atoms with van der Waals surface area (Å²) in [5, 5.41) is 11.1. The zero-order valence-electron chi connectivity index (χ0n) is 18.9. The minimum atomic E-state index is -1.44. The van der Waals surface area contributed by atoms with E-state index in [2.05, 4.69) is 15.5 Å². The quantitative estimate of drug-likeness (QED) is 0.324. The number of nitrogens with zero attached hydrogens (tertiary/aromatic N) is 2. The predicted molar refractivity (Wildman–Crippen MR) is 126 cm³/mol. The van der Waals surface area contributed by atoms with E-state index in [4.69, 9.17) is 42.1 Å². The number of azo groups is 1. The third-order valence-electron chi connectivity index (χ3n) is 4.26. The van der Waals surface area contributed by atoms with Crippen molar-refractivity contribution in [2.45, 2.75) is 26.8 Å². The molecule has 1 atom stereocenters. The first-order valence-corrected chi connectivity index (χ1v) is 10.7. The average molecular weight is 498 g/mol. The van der Waals surface area contributed by atoms with E-state index in [1.54, 1.807) is 25.1 Å². The Morgan fingerprint density at radius 1 is 1.03 bits per heavy atom. The molecule has 1 N–H and O–H groups in total. The average Bonchev–Trinajstić information content (AvgIpc) is 2.76. The molecule has 0 fully saturated rings. The van der Waals surface area contributed by atoms with Crippen LogP contribution < -0.4 is 24.3 Å². The molecule has 2 aromatic rings. The number of nitrogens with one attached hydrogen (secondary N) is 1. The van der Waals surface area contributed by atoms with Crippen LogP contribution in [0.25, 0.3) is 0 Å². The molecule has 0 aliphatic rings. The number of carbonyl (C=O) groups excluding carboxylic acids is 2. The summed E-state index contributed by atoms with van der Waals surface area (Å²) >= 11 is 12.5. The number of amides is 1. The Morgan fingerprint density at radius 2 is 1.73 bits per heavy atom. The zero-order chi connectivity index (χ0) is 24.5. The monoisotopic (exact) mass is 497 g/mol. The number of carbonyl (C=O) groups is 2. The molecule has 0 aliphatic carbocycles. The van der Waals surface area contributed by atoms with Crippen LogP contribution in [0.1, 0.15) is 20.8 Å². The molecule has 0 spiro atoms. The molecule has 0 aromatic heterocycles. The summed E-state index contributed by atoms with van der Waals surface area (Å²) in [6.45, 7) is 5.57. The number of ketones is 1. The molecular weight excluding hydrogens is 473 g/mol. The maximum atomic E-state index is 12.9. The SMILES string of the molecule is CCOc1cc(Cl)c(OCC)c(N=NC(C(C)=O)C(=O)Nc2ccc(OC)c(Cl)c2OC)c1. The second-order valence-electron chi connectivity index (χ2n) is 6.50. The van der Waals surface area contributed by atoms with Gasteiger partial charge in [-0.3, -0.25) is 9.59 Å². The topological polar surface area (TPSA) is 108 Å². The number of hydrogen-bond acceptors (Lipinski definition) is 8. The minimum Gasteiger partial charge on any atom is -0.495 e. The van der Waals surface area contributed by atoms with Gasteiger partial charge in [-0.25, -0.2) is 0 Å². The highest BCUT2D eigenvalue weighted by atomic mass is 35.5. The van der Waals surface area contributed by atoms with Gasteiger partial charge < -0.3 is 24.3 Å². The molecule has 9 nitrogen and oxygen atoms in total. The molecule has 2 rings (SSSR count). The lowest BCUT2D eigenvalue weighted by Gasteiger charge is -2.15. The Hall–Kier alpha value is -3.04. The smallest absolute Gasteiger partial charge is 0.258 e. The van der Waals surface area contributed by atoms with Crippen LogP contribution in [-0.4, -0.2) is 45.2 Å². The van der Waals surface area contributed by atoms with Crippen LogP contribution in [0.4, 0.5) is 11.4 Å². The molecule has 1 unspecified atom stereocenters. The van der Waals surface area contributed by atoms with Crippen LogP contribution >= 0.6 is 23.2 Å². The lowest BCUT2D eigenvalue weighted by Crippen LogP contribution is -2.32. The van der Waals surface area contributed by atoms with Gasteiger partial charge in [0.05, 0.1) is 38.1 Å². The van der Waals surface area contributed by atoms with Gasteiger partial charge >= 0.3 is 0 Å². The van der Waals surface area contributed by atoms with Crippen LogP contribution in [0.15, 0.2) is 34.5 Å². The van der Waals surface area contributed by atoms with Crippen LogP contribution in [0.2, 0.25) is 10.0 Å². The van der Waals surface area contributed by atoms with Crippen molar-refractivity contribution in [3.05, 3.63) is 34.3 Å². The third-order valence-corrected chi connectivity index (χ3v) is 4.89. The van der Waals surface area contributed by atoms with Crippen LogP contribution in [0, 0.1) is 0 Å². The number of hydrogen-bond donors (Lipinski definition) is 1. The van der Waals surface area contributed by atoms with E-state index in [0.717, 1.165) is 0 Å². The lowest BCUT2D eigenvalue weighted by atomic mass is 10.2. The van der Waals surface area contributed by atoms with Gasteiger partial charge in [0.1, 0.15) is 22.2 Å². The van der Waals surface area contributed by atoms with Crippen molar-refractivity contribution in [3.63, 3.8) is 0 Å². The standard InChI is InChI=1S/C22H25Cl2N3O6/c1-6-32-13-10-14(23)20(33-7-2)16(11-13)26-27-19(12(3)28)22(29)25-15-8-9-17(30-4)18(24)21(15)31-5/h8-11,19H,6-7H2,1-5H3,(H,25,29). The Labute approximate surface area is 202 Å². The van der Waals surface area contributed by atoms with E-state index < -0.39 is 17.7 Å². The first kappa shape index (κ1) is 26.2. The number of Topliss-reactive ketones (excluding diaryl/α,β-unsaturated/α-hetero) is 1. The van der Waals surface area contributed by atoms with Crippen molar-refractivity contribution < 1.29 is 28.5 Å². The van der Waals surface area contributed by atoms with Gasteiger partial charge in [-0.1, -0.05) is 23.2 Å². The molecule has 1 amide bonds. The van der Waals surface area contributed by atoms with Crippen molar-refractivity contribution >= 4 is 46.3 Å². The molecule has 0 heterocycles. The number of rotatable bonds is 11. The van der Waals surface area contributed by atoms with Crippen LogP contribution in [-0.2, 0) is 9.59 Å². The largest absolute Gasteiger partial charge is 0.495 e. The van der Waals surface area contributed by atoms with E-state index in [9.17, 15) is 9.59 Å². The summed E-state index contributed by atoms with van der Waals surface area (Å²) < 4.78 is 21.4. The van der Waals surface area contributed by atoms with Crippen molar-refractivity contribution in [1.29, 1.82) is 0 Å². The van der Waals surface area contributed by atoms with Gasteiger partial charge in [0.15, 0.2) is 17.3 Å². The Bertz CT molecular complexity index is 1050. The van der Waals surface area contributed by atoms with E-state index in [-0.39, 0.29) is 32.9 Å². The summed E-state index contributed by atoms with van der Waals surface area (Å²) in [5.74, 6) is -0.00283. The highest BCUT2D eigenvalue weighted by molar-refractivity contribution is 6.34. The fourth-order valence-corrected chi connectivity index (χ4v) is 3.38. The lowest BCUT2D eigenvalue weighted by molar-refractivity contribution is -0.126. The normalized spacial score (nSPS) is 11.7. The number of halogens is 2. The van der Waals surface area contributed by atoms with Crippen molar-refractivity contribution in [1.82, 2.24) is 0 Å². The summed E-state index contributed by atoms with van der Waals surface area (Å²) in [6, 6.07) is 4.80. The molecular formula is C22H25Cl2N3O6. The number of benzene rings is 2. The van der Waals surface area contributed by atoms with E-state index in [0.29, 0.717) is 24.7 Å². The van der Waals surface area contributed by atoms with E-state index in [1.165, 1.54) is 27.2 Å². The maximum Gasteiger partial charge on any atom is 0.258 e. The van der Waals surface area contributed by atoms with Crippen molar-refractivity contribution in [2.75, 3.05) is 32.8 Å². The van der Waals surface area contributed by atoms with Crippen molar-refractivity contribution in [2.24, 2.45) is 10.2 Å². The summed E-state index contributed by atoms with van der Waals surface area (Å²) in [6.07, 6.45) is 0.